The molecule has 1 aromatic carbocycles. The van der Waals surface area contributed by atoms with Crippen molar-refractivity contribution in [2.24, 2.45) is 5.92 Å². The SMILES string of the molecule is O=C(NC1CCCC1C(=O)NCc1ccccc1OC(F)(F)F)c1cc(Cl)c(O)c(Cl)n1. The monoisotopic (exact) mass is 491 g/mol. The van der Waals surface area contributed by atoms with E-state index in [0.29, 0.717) is 19.3 Å². The first-order chi connectivity index (χ1) is 15.0. The van der Waals surface area contributed by atoms with Crippen LogP contribution in [-0.2, 0) is 11.3 Å². The second kappa shape index (κ2) is 9.83. The molecule has 2 amide bonds. The Bertz CT molecular complexity index is 997. The van der Waals surface area contributed by atoms with Crippen LogP contribution in [0.2, 0.25) is 10.2 Å². The van der Waals surface area contributed by atoms with E-state index >= 15 is 0 Å². The number of carbonyl (C=O) groups is 2. The lowest BCUT2D eigenvalue weighted by molar-refractivity contribution is -0.274. The standard InChI is InChI=1S/C20H18Cl2F3N3O4/c21-12-8-14(27-17(22)16(12)29)19(31)28-13-6-3-5-11(13)18(30)26-9-10-4-1-2-7-15(10)32-20(23,24)25/h1-2,4,7-8,11,13,29H,3,5-6,9H2,(H,26,30)(H,28,31). The van der Waals surface area contributed by atoms with Gasteiger partial charge in [-0.1, -0.05) is 47.8 Å². The molecule has 0 saturated heterocycles. The Kier molecular flexibility index (Phi) is 7.35. The molecule has 1 fully saturated rings. The Labute approximate surface area is 190 Å². The smallest absolute Gasteiger partial charge is 0.504 e. The zero-order chi connectivity index (χ0) is 23.5. The number of nitrogens with one attached hydrogen (secondary N) is 2. The molecule has 1 aliphatic rings. The highest BCUT2D eigenvalue weighted by atomic mass is 35.5. The number of ether oxygens (including phenoxy) is 1. The van der Waals surface area contributed by atoms with Gasteiger partial charge in [0.25, 0.3) is 5.91 Å². The summed E-state index contributed by atoms with van der Waals surface area (Å²) >= 11 is 11.6. The lowest BCUT2D eigenvalue weighted by Crippen LogP contribution is -2.44. The summed E-state index contributed by atoms with van der Waals surface area (Å²) in [5.74, 6) is -2.47. The number of aromatic hydroxyl groups is 1. The number of halogens is 5. The van der Waals surface area contributed by atoms with Crippen molar-refractivity contribution in [3.63, 3.8) is 0 Å². The highest BCUT2D eigenvalue weighted by molar-refractivity contribution is 6.36. The molecule has 12 heteroatoms. The van der Waals surface area contributed by atoms with Crippen LogP contribution in [0.25, 0.3) is 0 Å². The first kappa shape index (κ1) is 23.9. The average molecular weight is 492 g/mol. The first-order valence-electron chi connectivity index (χ1n) is 9.52. The number of benzene rings is 1. The van der Waals surface area contributed by atoms with Gasteiger partial charge in [0.1, 0.15) is 11.4 Å². The number of para-hydroxylation sites is 1. The molecule has 0 spiro atoms. The molecule has 0 bridgehead atoms. The first-order valence-corrected chi connectivity index (χ1v) is 10.3. The number of rotatable bonds is 6. The van der Waals surface area contributed by atoms with Gasteiger partial charge in [-0.2, -0.15) is 0 Å². The van der Waals surface area contributed by atoms with E-state index in [1.807, 2.05) is 0 Å². The third-order valence-corrected chi connectivity index (χ3v) is 5.51. The second-order valence-electron chi connectivity index (χ2n) is 7.12. The molecular formula is C20H18Cl2F3N3O4. The Balaban J connectivity index is 1.63. The van der Waals surface area contributed by atoms with Gasteiger partial charge in [-0.15, -0.1) is 13.2 Å². The molecule has 0 aliphatic heterocycles. The van der Waals surface area contributed by atoms with Gasteiger partial charge >= 0.3 is 6.36 Å². The normalized spacial score (nSPS) is 18.3. The highest BCUT2D eigenvalue weighted by Gasteiger charge is 2.35. The lowest BCUT2D eigenvalue weighted by Gasteiger charge is -2.21. The van der Waals surface area contributed by atoms with Crippen molar-refractivity contribution >= 4 is 35.0 Å². The largest absolute Gasteiger partial charge is 0.573 e. The zero-order valence-corrected chi connectivity index (χ0v) is 17.9. The van der Waals surface area contributed by atoms with Gasteiger partial charge in [-0.05, 0) is 25.0 Å². The molecular weight excluding hydrogens is 474 g/mol. The maximum absolute atomic E-state index is 12.7. The molecule has 7 nitrogen and oxygen atoms in total. The van der Waals surface area contributed by atoms with Crippen molar-refractivity contribution in [2.45, 2.75) is 38.2 Å². The number of alkyl halides is 3. The fourth-order valence-electron chi connectivity index (χ4n) is 3.47. The minimum atomic E-state index is -4.85. The fourth-order valence-corrected chi connectivity index (χ4v) is 3.90. The molecule has 2 unspecified atom stereocenters. The molecule has 172 valence electrons. The minimum absolute atomic E-state index is 0.123. The van der Waals surface area contributed by atoms with E-state index < -0.39 is 41.6 Å². The Morgan fingerprint density at radius 1 is 1.22 bits per heavy atom. The quantitative estimate of drug-likeness (QED) is 0.525. The van der Waals surface area contributed by atoms with Gasteiger partial charge in [0.05, 0.1) is 10.9 Å². The lowest BCUT2D eigenvalue weighted by atomic mass is 10.0. The summed E-state index contributed by atoms with van der Waals surface area (Å²) in [4.78, 5) is 29.0. The van der Waals surface area contributed by atoms with Crippen LogP contribution in [0.1, 0.15) is 35.3 Å². The zero-order valence-electron chi connectivity index (χ0n) is 16.4. The molecule has 1 aliphatic carbocycles. The average Bonchev–Trinajstić information content (AvgIpc) is 3.17. The summed E-state index contributed by atoms with van der Waals surface area (Å²) in [6, 6.07) is 6.14. The maximum Gasteiger partial charge on any atom is 0.573 e. The van der Waals surface area contributed by atoms with Crippen molar-refractivity contribution in [2.75, 3.05) is 0 Å². The third-order valence-electron chi connectivity index (χ3n) is 4.96. The van der Waals surface area contributed by atoms with Crippen molar-refractivity contribution in [1.29, 1.82) is 0 Å². The molecule has 1 saturated carbocycles. The predicted octanol–water partition coefficient (Wildman–Crippen LogP) is 4.21. The molecule has 2 atom stereocenters. The van der Waals surface area contributed by atoms with Crippen LogP contribution in [0.3, 0.4) is 0 Å². The van der Waals surface area contributed by atoms with E-state index in [4.69, 9.17) is 23.2 Å². The van der Waals surface area contributed by atoms with Crippen molar-refractivity contribution in [1.82, 2.24) is 15.6 Å². The molecule has 1 heterocycles. The fraction of sp³-hybridized carbons (Fsp3) is 0.350. The van der Waals surface area contributed by atoms with E-state index in [-0.39, 0.29) is 28.0 Å². The van der Waals surface area contributed by atoms with E-state index in [1.165, 1.54) is 18.2 Å². The summed E-state index contributed by atoms with van der Waals surface area (Å²) < 4.78 is 41.7. The van der Waals surface area contributed by atoms with Crippen LogP contribution in [0.4, 0.5) is 13.2 Å². The van der Waals surface area contributed by atoms with Crippen LogP contribution in [0.5, 0.6) is 11.5 Å². The van der Waals surface area contributed by atoms with Crippen LogP contribution >= 0.6 is 23.2 Å². The molecule has 1 aromatic heterocycles. The molecule has 2 aromatic rings. The van der Waals surface area contributed by atoms with E-state index in [2.05, 4.69) is 20.4 Å². The van der Waals surface area contributed by atoms with Gasteiger partial charge in [0, 0.05) is 18.2 Å². The van der Waals surface area contributed by atoms with Gasteiger partial charge in [-0.3, -0.25) is 9.59 Å². The summed E-state index contributed by atoms with van der Waals surface area (Å²) in [6.45, 7) is -0.174. The molecule has 3 rings (SSSR count). The summed E-state index contributed by atoms with van der Waals surface area (Å²) in [5.41, 5.74) is 0.0384. The maximum atomic E-state index is 12.7. The molecule has 0 radical (unpaired) electrons. The number of amides is 2. The van der Waals surface area contributed by atoms with Crippen LogP contribution in [0.15, 0.2) is 30.3 Å². The minimum Gasteiger partial charge on any atom is -0.504 e. The van der Waals surface area contributed by atoms with Crippen molar-refractivity contribution < 1.29 is 32.6 Å². The molecule has 3 N–H and O–H groups in total. The Morgan fingerprint density at radius 2 is 1.94 bits per heavy atom. The number of hydrogen-bond donors (Lipinski definition) is 3. The van der Waals surface area contributed by atoms with Crippen LogP contribution < -0.4 is 15.4 Å². The van der Waals surface area contributed by atoms with E-state index in [9.17, 15) is 27.9 Å². The number of hydrogen-bond acceptors (Lipinski definition) is 5. The van der Waals surface area contributed by atoms with E-state index in [1.54, 1.807) is 0 Å². The number of nitrogens with zero attached hydrogens (tertiary/aromatic N) is 1. The van der Waals surface area contributed by atoms with Crippen molar-refractivity contribution in [3.05, 3.63) is 51.8 Å². The van der Waals surface area contributed by atoms with Gasteiger partial charge in [0.15, 0.2) is 10.9 Å². The topological polar surface area (TPSA) is 101 Å². The number of carbonyl (C=O) groups excluding carboxylic acids is 2. The second-order valence-corrected chi connectivity index (χ2v) is 7.88. The van der Waals surface area contributed by atoms with Gasteiger partial charge in [0.2, 0.25) is 5.91 Å². The Hall–Kier alpha value is -2.72. The Morgan fingerprint density at radius 3 is 2.62 bits per heavy atom. The summed E-state index contributed by atoms with van der Waals surface area (Å²) in [7, 11) is 0. The summed E-state index contributed by atoms with van der Waals surface area (Å²) in [5, 5.41) is 14.4. The summed E-state index contributed by atoms with van der Waals surface area (Å²) in [6.07, 6.45) is -3.17. The van der Waals surface area contributed by atoms with Crippen LogP contribution in [-0.4, -0.2) is 34.3 Å². The third kappa shape index (κ3) is 5.95. The predicted molar refractivity (Wildman–Crippen MR) is 109 cm³/mol. The highest BCUT2D eigenvalue weighted by Crippen LogP contribution is 2.31. The number of aromatic nitrogens is 1. The molecule has 32 heavy (non-hydrogen) atoms. The van der Waals surface area contributed by atoms with E-state index in [0.717, 1.165) is 12.1 Å². The van der Waals surface area contributed by atoms with Gasteiger partial charge < -0.3 is 20.5 Å². The number of pyridine rings is 1. The van der Waals surface area contributed by atoms with Gasteiger partial charge in [-0.25, -0.2) is 4.98 Å². The van der Waals surface area contributed by atoms with Crippen molar-refractivity contribution in [3.8, 4) is 11.5 Å². The van der Waals surface area contributed by atoms with Crippen LogP contribution in [0, 0.1) is 5.92 Å².